The molecule has 0 bridgehead atoms. The van der Waals surface area contributed by atoms with Crippen molar-refractivity contribution in [3.05, 3.63) is 58.1 Å². The number of pyridine rings is 2. The molecule has 0 saturated carbocycles. The topological polar surface area (TPSA) is 95.3 Å². The van der Waals surface area contributed by atoms with Gasteiger partial charge in [0.25, 0.3) is 5.91 Å². The normalized spacial score (nSPS) is 18.1. The van der Waals surface area contributed by atoms with Crippen LogP contribution in [0.15, 0.2) is 30.7 Å². The van der Waals surface area contributed by atoms with Crippen LogP contribution in [0.1, 0.15) is 53.9 Å². The largest absolute Gasteiger partial charge is 0.393 e. The summed E-state index contributed by atoms with van der Waals surface area (Å²) in [6.07, 6.45) is 6.12. The Morgan fingerprint density at radius 3 is 2.49 bits per heavy atom. The van der Waals surface area contributed by atoms with Crippen molar-refractivity contribution in [3.8, 4) is 11.3 Å². The van der Waals surface area contributed by atoms with Gasteiger partial charge < -0.3 is 10.0 Å². The van der Waals surface area contributed by atoms with Crippen LogP contribution in [0, 0.1) is 13.8 Å². The number of aliphatic hydroxyl groups is 1. The second-order valence-corrected chi connectivity index (χ2v) is 10.5. The first-order valence-electron chi connectivity index (χ1n) is 11.9. The summed E-state index contributed by atoms with van der Waals surface area (Å²) in [4.78, 5) is 35.8. The van der Waals surface area contributed by atoms with Gasteiger partial charge in [0.2, 0.25) is 5.95 Å². The maximum absolute atomic E-state index is 13.6. The van der Waals surface area contributed by atoms with Crippen LogP contribution >= 0.6 is 11.6 Å². The first kappa shape index (κ1) is 23.6. The second kappa shape index (κ2) is 8.84. The molecule has 182 valence electrons. The van der Waals surface area contributed by atoms with E-state index in [-0.39, 0.29) is 12.0 Å². The quantitative estimate of drug-likeness (QED) is 0.588. The highest BCUT2D eigenvalue weighted by Crippen LogP contribution is 2.37. The van der Waals surface area contributed by atoms with Crippen molar-refractivity contribution in [1.29, 1.82) is 0 Å². The Bertz CT molecular complexity index is 1300. The number of anilines is 2. The van der Waals surface area contributed by atoms with Gasteiger partial charge in [0.15, 0.2) is 0 Å². The molecule has 0 aliphatic carbocycles. The molecular weight excluding hydrogens is 464 g/mol. The number of hydrogen-bond acceptors (Lipinski definition) is 7. The third-order valence-electron chi connectivity index (χ3n) is 6.78. The Morgan fingerprint density at radius 1 is 1.03 bits per heavy atom. The van der Waals surface area contributed by atoms with Gasteiger partial charge in [0.1, 0.15) is 5.82 Å². The van der Waals surface area contributed by atoms with E-state index in [2.05, 4.69) is 39.8 Å². The summed E-state index contributed by atoms with van der Waals surface area (Å²) in [6.45, 7) is 9.96. The number of halogens is 1. The van der Waals surface area contributed by atoms with Gasteiger partial charge in [-0.3, -0.25) is 14.7 Å². The number of fused-ring (bicyclic) bond motifs is 1. The number of rotatable bonds is 3. The van der Waals surface area contributed by atoms with Gasteiger partial charge in [0, 0.05) is 49.2 Å². The molecule has 0 radical (unpaired) electrons. The highest BCUT2D eigenvalue weighted by Gasteiger charge is 2.40. The number of carbonyl (C=O) groups excluding carboxylic acids is 1. The Labute approximate surface area is 210 Å². The Hall–Kier alpha value is -3.10. The molecule has 2 aliphatic heterocycles. The molecule has 0 aromatic carbocycles. The monoisotopic (exact) mass is 492 g/mol. The molecule has 0 atom stereocenters. The van der Waals surface area contributed by atoms with Crippen LogP contribution in [-0.2, 0) is 5.41 Å². The zero-order valence-corrected chi connectivity index (χ0v) is 21.2. The highest BCUT2D eigenvalue weighted by molar-refractivity contribution is 6.33. The molecule has 1 saturated heterocycles. The fourth-order valence-electron chi connectivity index (χ4n) is 4.89. The van der Waals surface area contributed by atoms with Crippen molar-refractivity contribution in [2.24, 2.45) is 0 Å². The zero-order chi connectivity index (χ0) is 24.9. The molecular formula is C26H29ClN6O2. The third kappa shape index (κ3) is 4.36. The Kier molecular flexibility index (Phi) is 5.97. The summed E-state index contributed by atoms with van der Waals surface area (Å²) >= 11 is 6.51. The molecule has 0 unspecified atom stereocenters. The van der Waals surface area contributed by atoms with Crippen LogP contribution in [0.2, 0.25) is 5.02 Å². The number of piperidine rings is 1. The van der Waals surface area contributed by atoms with E-state index in [1.807, 2.05) is 26.1 Å². The second-order valence-electron chi connectivity index (χ2n) is 10.1. The summed E-state index contributed by atoms with van der Waals surface area (Å²) in [5.41, 5.74) is 4.38. The minimum Gasteiger partial charge on any atom is -0.393 e. The first-order valence-corrected chi connectivity index (χ1v) is 12.2. The summed E-state index contributed by atoms with van der Waals surface area (Å²) in [7, 11) is 0. The van der Waals surface area contributed by atoms with Crippen LogP contribution in [-0.4, -0.2) is 56.7 Å². The van der Waals surface area contributed by atoms with Crippen LogP contribution < -0.4 is 9.80 Å². The minimum atomic E-state index is -0.421. The minimum absolute atomic E-state index is 0.186. The van der Waals surface area contributed by atoms with Gasteiger partial charge in [-0.05, 0) is 43.9 Å². The lowest BCUT2D eigenvalue weighted by Gasteiger charge is -2.38. The van der Waals surface area contributed by atoms with Crippen molar-refractivity contribution < 1.29 is 9.90 Å². The van der Waals surface area contributed by atoms with E-state index in [0.717, 1.165) is 28.1 Å². The van der Waals surface area contributed by atoms with E-state index in [1.54, 1.807) is 17.3 Å². The molecule has 0 spiro atoms. The first-order chi connectivity index (χ1) is 16.6. The van der Waals surface area contributed by atoms with E-state index >= 15 is 0 Å². The van der Waals surface area contributed by atoms with Crippen molar-refractivity contribution in [2.45, 2.75) is 52.1 Å². The number of aliphatic hydroxyl groups excluding tert-OH is 1. The fourth-order valence-corrected chi connectivity index (χ4v) is 5.08. The maximum atomic E-state index is 13.6. The molecule has 1 fully saturated rings. The molecule has 8 nitrogen and oxygen atoms in total. The van der Waals surface area contributed by atoms with Crippen molar-refractivity contribution in [1.82, 2.24) is 19.9 Å². The number of nitrogens with zero attached hydrogens (tertiary/aromatic N) is 6. The zero-order valence-electron chi connectivity index (χ0n) is 20.4. The summed E-state index contributed by atoms with van der Waals surface area (Å²) < 4.78 is 0. The molecule has 3 aromatic heterocycles. The molecule has 1 N–H and O–H groups in total. The fraction of sp³-hybridized carbons (Fsp3) is 0.423. The predicted molar refractivity (Wildman–Crippen MR) is 136 cm³/mol. The van der Waals surface area contributed by atoms with E-state index in [1.165, 1.54) is 0 Å². The van der Waals surface area contributed by atoms with Gasteiger partial charge in [-0.25, -0.2) is 15.0 Å². The average Bonchev–Trinajstić information content (AvgIpc) is 2.82. The van der Waals surface area contributed by atoms with Crippen LogP contribution in [0.25, 0.3) is 11.3 Å². The van der Waals surface area contributed by atoms with Gasteiger partial charge in [-0.15, -0.1) is 0 Å². The lowest BCUT2D eigenvalue weighted by molar-refractivity contribution is 0.0966. The smallest absolute Gasteiger partial charge is 0.262 e. The molecule has 5 heterocycles. The van der Waals surface area contributed by atoms with Crippen LogP contribution in [0.5, 0.6) is 0 Å². The maximum Gasteiger partial charge on any atom is 0.262 e. The SMILES string of the molecule is Cc1cnc(-c2cc(N3CC(C)(C)c4nc(N5CCC(O)CC5)ncc4C3=O)ncc2Cl)c(C)c1. The van der Waals surface area contributed by atoms with E-state index in [4.69, 9.17) is 16.6 Å². The van der Waals surface area contributed by atoms with Gasteiger partial charge in [-0.2, -0.15) is 0 Å². The number of aryl methyl sites for hydroxylation is 2. The summed E-state index contributed by atoms with van der Waals surface area (Å²) in [5.74, 6) is 0.941. The molecule has 5 rings (SSSR count). The van der Waals surface area contributed by atoms with Crippen molar-refractivity contribution >= 4 is 29.3 Å². The summed E-state index contributed by atoms with van der Waals surface area (Å²) in [6, 6.07) is 3.89. The molecule has 2 aliphatic rings. The molecule has 35 heavy (non-hydrogen) atoms. The van der Waals surface area contributed by atoms with Gasteiger partial charge >= 0.3 is 0 Å². The molecule has 3 aromatic rings. The van der Waals surface area contributed by atoms with E-state index in [9.17, 15) is 9.90 Å². The number of hydrogen-bond donors (Lipinski definition) is 1. The predicted octanol–water partition coefficient (Wildman–Crippen LogP) is 4.10. The number of carbonyl (C=O) groups is 1. The standard InChI is InChI=1S/C26H29ClN6O2/c1-15-9-16(2)22(29-11-15)18-10-21(28-13-20(18)27)33-14-26(3,4)23-19(24(33)35)12-30-25(31-23)32-7-5-17(34)6-8-32/h9-13,17,34H,5-8,14H2,1-4H3. The Balaban J connectivity index is 1.50. The van der Waals surface area contributed by atoms with Crippen molar-refractivity contribution in [2.75, 3.05) is 29.4 Å². The van der Waals surface area contributed by atoms with Crippen LogP contribution in [0.4, 0.5) is 11.8 Å². The van der Waals surface area contributed by atoms with Crippen LogP contribution in [0.3, 0.4) is 0 Å². The third-order valence-corrected chi connectivity index (χ3v) is 7.08. The molecule has 9 heteroatoms. The highest BCUT2D eigenvalue weighted by atomic mass is 35.5. The number of aromatic nitrogens is 4. The van der Waals surface area contributed by atoms with Gasteiger partial charge in [-0.1, -0.05) is 31.5 Å². The Morgan fingerprint density at radius 2 is 1.77 bits per heavy atom. The average molecular weight is 493 g/mol. The lowest BCUT2D eigenvalue weighted by atomic mass is 9.82. The number of amides is 1. The lowest BCUT2D eigenvalue weighted by Crippen LogP contribution is -2.48. The summed E-state index contributed by atoms with van der Waals surface area (Å²) in [5, 5.41) is 10.3. The molecule has 1 amide bonds. The van der Waals surface area contributed by atoms with Gasteiger partial charge in [0.05, 0.1) is 28.1 Å². The van der Waals surface area contributed by atoms with Crippen molar-refractivity contribution in [3.63, 3.8) is 0 Å². The van der Waals surface area contributed by atoms with E-state index in [0.29, 0.717) is 54.8 Å². The van der Waals surface area contributed by atoms with E-state index < -0.39 is 5.41 Å².